The predicted molar refractivity (Wildman–Crippen MR) is 58.8 cm³/mol. The quantitative estimate of drug-likeness (QED) is 0.696. The Hall–Kier alpha value is -0.920. The van der Waals surface area contributed by atoms with Gasteiger partial charge in [0.05, 0.1) is 0 Å². The molecule has 0 nitrogen and oxygen atoms in total. The van der Waals surface area contributed by atoms with E-state index in [4.69, 9.17) is 0 Å². The van der Waals surface area contributed by atoms with Crippen LogP contribution in [0, 0.1) is 17.0 Å². The zero-order valence-electron chi connectivity index (χ0n) is 9.61. The third-order valence-corrected chi connectivity index (χ3v) is 2.60. The fourth-order valence-electron chi connectivity index (χ4n) is 1.96. The van der Waals surface area contributed by atoms with Crippen LogP contribution in [0.25, 0.3) is 0 Å². The lowest BCUT2D eigenvalue weighted by atomic mass is 9.82. The molecular formula is C13H18F2. The smallest absolute Gasteiger partial charge is 0.126 e. The normalized spacial score (nSPS) is 11.8. The SMILES string of the molecule is CCCC(C)(C)Cc1cc(F)ccc1F. The highest BCUT2D eigenvalue weighted by Crippen LogP contribution is 2.28. The maximum absolute atomic E-state index is 13.4. The highest BCUT2D eigenvalue weighted by molar-refractivity contribution is 5.19. The van der Waals surface area contributed by atoms with Crippen LogP contribution in [0.5, 0.6) is 0 Å². The second kappa shape index (κ2) is 4.73. The van der Waals surface area contributed by atoms with Crippen molar-refractivity contribution in [1.82, 2.24) is 0 Å². The van der Waals surface area contributed by atoms with Gasteiger partial charge in [0, 0.05) is 0 Å². The summed E-state index contributed by atoms with van der Waals surface area (Å²) < 4.78 is 26.3. The number of benzene rings is 1. The Kier molecular flexibility index (Phi) is 3.83. The van der Waals surface area contributed by atoms with E-state index in [0.717, 1.165) is 18.9 Å². The molecule has 0 amide bonds. The fourth-order valence-corrected chi connectivity index (χ4v) is 1.96. The van der Waals surface area contributed by atoms with Gasteiger partial charge in [-0.3, -0.25) is 0 Å². The van der Waals surface area contributed by atoms with Gasteiger partial charge in [-0.15, -0.1) is 0 Å². The summed E-state index contributed by atoms with van der Waals surface area (Å²) >= 11 is 0. The minimum Gasteiger partial charge on any atom is -0.207 e. The first-order valence-electron chi connectivity index (χ1n) is 5.38. The summed E-state index contributed by atoms with van der Waals surface area (Å²) in [4.78, 5) is 0. The minimum atomic E-state index is -0.362. The Morgan fingerprint density at radius 3 is 2.47 bits per heavy atom. The summed E-state index contributed by atoms with van der Waals surface area (Å²) in [7, 11) is 0. The lowest BCUT2D eigenvalue weighted by Crippen LogP contribution is -2.15. The highest BCUT2D eigenvalue weighted by Gasteiger charge is 2.19. The molecule has 0 saturated carbocycles. The van der Waals surface area contributed by atoms with Crippen LogP contribution >= 0.6 is 0 Å². The molecular weight excluding hydrogens is 194 g/mol. The van der Waals surface area contributed by atoms with Crippen LogP contribution in [0.2, 0.25) is 0 Å². The number of hydrogen-bond donors (Lipinski definition) is 0. The van der Waals surface area contributed by atoms with Crippen LogP contribution in [-0.4, -0.2) is 0 Å². The van der Waals surface area contributed by atoms with Crippen molar-refractivity contribution in [1.29, 1.82) is 0 Å². The van der Waals surface area contributed by atoms with Gasteiger partial charge in [0.2, 0.25) is 0 Å². The Morgan fingerprint density at radius 1 is 1.20 bits per heavy atom. The van der Waals surface area contributed by atoms with E-state index in [9.17, 15) is 8.78 Å². The summed E-state index contributed by atoms with van der Waals surface area (Å²) in [5.41, 5.74) is 0.511. The molecule has 84 valence electrons. The molecule has 1 aromatic rings. The second-order valence-corrected chi connectivity index (χ2v) is 4.83. The zero-order chi connectivity index (χ0) is 11.5. The molecule has 0 fully saturated rings. The molecule has 0 aromatic heterocycles. The first kappa shape index (κ1) is 12.2. The van der Waals surface area contributed by atoms with Gasteiger partial charge in [-0.05, 0) is 42.0 Å². The highest BCUT2D eigenvalue weighted by atomic mass is 19.1. The lowest BCUT2D eigenvalue weighted by molar-refractivity contribution is 0.323. The molecule has 0 aliphatic carbocycles. The van der Waals surface area contributed by atoms with Crippen molar-refractivity contribution < 1.29 is 8.78 Å². The van der Waals surface area contributed by atoms with Gasteiger partial charge < -0.3 is 0 Å². The fraction of sp³-hybridized carbons (Fsp3) is 0.538. The number of hydrogen-bond acceptors (Lipinski definition) is 0. The van der Waals surface area contributed by atoms with Crippen LogP contribution in [0.1, 0.15) is 39.2 Å². The van der Waals surface area contributed by atoms with Crippen LogP contribution in [0.15, 0.2) is 18.2 Å². The maximum Gasteiger partial charge on any atom is 0.126 e. The summed E-state index contributed by atoms with van der Waals surface area (Å²) in [6.07, 6.45) is 2.66. The Morgan fingerprint density at radius 2 is 1.87 bits per heavy atom. The van der Waals surface area contributed by atoms with Gasteiger partial charge in [0.15, 0.2) is 0 Å². The molecule has 1 rings (SSSR count). The first-order valence-corrected chi connectivity index (χ1v) is 5.38. The van der Waals surface area contributed by atoms with E-state index in [0.29, 0.717) is 12.0 Å². The largest absolute Gasteiger partial charge is 0.207 e. The second-order valence-electron chi connectivity index (χ2n) is 4.83. The molecule has 15 heavy (non-hydrogen) atoms. The number of halogens is 2. The maximum atomic E-state index is 13.4. The molecule has 0 aliphatic rings. The van der Waals surface area contributed by atoms with E-state index in [-0.39, 0.29) is 17.0 Å². The van der Waals surface area contributed by atoms with E-state index in [2.05, 4.69) is 20.8 Å². The molecule has 0 atom stereocenters. The van der Waals surface area contributed by atoms with Crippen molar-refractivity contribution in [2.24, 2.45) is 5.41 Å². The van der Waals surface area contributed by atoms with E-state index in [1.807, 2.05) is 0 Å². The predicted octanol–water partition coefficient (Wildman–Crippen LogP) is 4.33. The average Bonchev–Trinajstić information content (AvgIpc) is 2.10. The van der Waals surface area contributed by atoms with Crippen LogP contribution in [0.4, 0.5) is 8.78 Å². The molecule has 0 N–H and O–H groups in total. The summed E-state index contributed by atoms with van der Waals surface area (Å²) in [5.74, 6) is -0.667. The Balaban J connectivity index is 2.83. The Bertz CT molecular complexity index is 329. The summed E-state index contributed by atoms with van der Waals surface area (Å²) in [6.45, 7) is 6.27. The minimum absolute atomic E-state index is 0.0311. The van der Waals surface area contributed by atoms with E-state index in [1.165, 1.54) is 12.1 Å². The first-order chi connectivity index (χ1) is 6.94. The molecule has 0 bridgehead atoms. The van der Waals surface area contributed by atoms with Crippen LogP contribution < -0.4 is 0 Å². The molecule has 0 unspecified atom stereocenters. The monoisotopic (exact) mass is 212 g/mol. The lowest BCUT2D eigenvalue weighted by Gasteiger charge is -2.24. The molecule has 0 radical (unpaired) electrons. The van der Waals surface area contributed by atoms with Gasteiger partial charge in [-0.1, -0.05) is 27.2 Å². The molecule has 0 saturated heterocycles. The topological polar surface area (TPSA) is 0 Å². The van der Waals surface area contributed by atoms with Gasteiger partial charge >= 0.3 is 0 Å². The van der Waals surface area contributed by atoms with Crippen molar-refractivity contribution in [3.63, 3.8) is 0 Å². The van der Waals surface area contributed by atoms with E-state index >= 15 is 0 Å². The molecule has 2 heteroatoms. The number of rotatable bonds is 4. The van der Waals surface area contributed by atoms with E-state index in [1.54, 1.807) is 0 Å². The average molecular weight is 212 g/mol. The summed E-state index contributed by atoms with van der Waals surface area (Å²) in [5, 5.41) is 0. The third kappa shape index (κ3) is 3.61. The summed E-state index contributed by atoms with van der Waals surface area (Å²) in [6, 6.07) is 3.66. The van der Waals surface area contributed by atoms with Crippen molar-refractivity contribution in [2.45, 2.75) is 40.0 Å². The van der Waals surface area contributed by atoms with Gasteiger partial charge in [-0.25, -0.2) is 8.78 Å². The standard InChI is InChI=1S/C13H18F2/c1-4-7-13(2,3)9-10-8-11(14)5-6-12(10)15/h5-6,8H,4,7,9H2,1-3H3. The van der Waals surface area contributed by atoms with E-state index < -0.39 is 0 Å². The van der Waals surface area contributed by atoms with Gasteiger partial charge in [0.25, 0.3) is 0 Å². The van der Waals surface area contributed by atoms with Crippen molar-refractivity contribution in [3.8, 4) is 0 Å². The third-order valence-electron chi connectivity index (χ3n) is 2.60. The molecule has 1 aromatic carbocycles. The van der Waals surface area contributed by atoms with Crippen LogP contribution in [0.3, 0.4) is 0 Å². The molecule has 0 heterocycles. The van der Waals surface area contributed by atoms with Crippen molar-refractivity contribution in [2.75, 3.05) is 0 Å². The van der Waals surface area contributed by atoms with Crippen molar-refractivity contribution >= 4 is 0 Å². The van der Waals surface area contributed by atoms with Gasteiger partial charge in [0.1, 0.15) is 11.6 Å². The Labute approximate surface area is 90.3 Å². The molecule has 0 aliphatic heterocycles. The molecule has 0 spiro atoms. The van der Waals surface area contributed by atoms with Crippen molar-refractivity contribution in [3.05, 3.63) is 35.4 Å². The van der Waals surface area contributed by atoms with Crippen LogP contribution in [-0.2, 0) is 6.42 Å². The van der Waals surface area contributed by atoms with Gasteiger partial charge in [-0.2, -0.15) is 0 Å². The zero-order valence-corrected chi connectivity index (χ0v) is 9.61.